The second kappa shape index (κ2) is 5.36. The second-order valence-electron chi connectivity index (χ2n) is 3.97. The van der Waals surface area contributed by atoms with E-state index in [1.807, 2.05) is 12.1 Å². The van der Waals surface area contributed by atoms with Gasteiger partial charge in [0.1, 0.15) is 5.15 Å². The summed E-state index contributed by atoms with van der Waals surface area (Å²) >= 11 is 13.1. The summed E-state index contributed by atoms with van der Waals surface area (Å²) in [5.74, 6) is 0.150. The van der Waals surface area contributed by atoms with Crippen molar-refractivity contribution < 1.29 is 4.79 Å². The fourth-order valence-electron chi connectivity index (χ4n) is 1.73. The van der Waals surface area contributed by atoms with Crippen molar-refractivity contribution >= 4 is 56.5 Å². The number of benzene rings is 1. The van der Waals surface area contributed by atoms with Crippen molar-refractivity contribution in [1.29, 1.82) is 0 Å². The van der Waals surface area contributed by atoms with Gasteiger partial charge in [0.05, 0.1) is 20.7 Å². The van der Waals surface area contributed by atoms with Gasteiger partial charge in [0.2, 0.25) is 0 Å². The molecule has 0 aliphatic carbocycles. The Labute approximate surface area is 128 Å². The molecule has 20 heavy (non-hydrogen) atoms. The van der Waals surface area contributed by atoms with Crippen molar-refractivity contribution in [2.45, 2.75) is 0 Å². The molecule has 0 atom stereocenters. The summed E-state index contributed by atoms with van der Waals surface area (Å²) in [5.41, 5.74) is 0.405. The molecule has 100 valence electrons. The molecule has 3 rings (SSSR count). The number of nitrogens with one attached hydrogen (secondary N) is 1. The van der Waals surface area contributed by atoms with Crippen molar-refractivity contribution in [1.82, 2.24) is 9.36 Å². The summed E-state index contributed by atoms with van der Waals surface area (Å²) in [4.78, 5) is 16.0. The fourth-order valence-corrected chi connectivity index (χ4v) is 2.92. The van der Waals surface area contributed by atoms with Crippen LogP contribution in [0.25, 0.3) is 10.1 Å². The van der Waals surface area contributed by atoms with Crippen LogP contribution >= 0.6 is 34.7 Å². The van der Waals surface area contributed by atoms with Crippen LogP contribution in [-0.2, 0) is 0 Å². The van der Waals surface area contributed by atoms with Crippen LogP contribution in [0.4, 0.5) is 5.82 Å². The minimum absolute atomic E-state index is 0.304. The Balaban J connectivity index is 1.93. The quantitative estimate of drug-likeness (QED) is 0.717. The van der Waals surface area contributed by atoms with E-state index in [-0.39, 0.29) is 5.91 Å². The number of hydrogen-bond acceptors (Lipinski definition) is 4. The molecule has 0 fully saturated rings. The number of nitrogens with zero attached hydrogens (tertiary/aromatic N) is 2. The van der Waals surface area contributed by atoms with Crippen LogP contribution in [0.5, 0.6) is 0 Å². The van der Waals surface area contributed by atoms with E-state index in [0.29, 0.717) is 21.6 Å². The predicted molar refractivity (Wildman–Crippen MR) is 81.8 cm³/mol. The van der Waals surface area contributed by atoms with Crippen molar-refractivity contribution in [3.05, 3.63) is 52.3 Å². The van der Waals surface area contributed by atoms with Gasteiger partial charge in [-0.1, -0.05) is 29.3 Å². The minimum Gasteiger partial charge on any atom is -0.305 e. The molecule has 1 amide bonds. The molecule has 0 radical (unpaired) electrons. The van der Waals surface area contributed by atoms with E-state index in [1.54, 1.807) is 18.2 Å². The van der Waals surface area contributed by atoms with Gasteiger partial charge in [-0.2, -0.15) is 4.37 Å². The Bertz CT molecular complexity index is 786. The van der Waals surface area contributed by atoms with Gasteiger partial charge in [0.15, 0.2) is 5.82 Å². The zero-order valence-corrected chi connectivity index (χ0v) is 12.3. The average molecular weight is 324 g/mol. The van der Waals surface area contributed by atoms with Gasteiger partial charge in [-0.05, 0) is 35.8 Å². The third-order valence-electron chi connectivity index (χ3n) is 2.67. The zero-order valence-electron chi connectivity index (χ0n) is 9.93. The highest BCUT2D eigenvalue weighted by Crippen LogP contribution is 2.32. The molecule has 2 aromatic heterocycles. The lowest BCUT2D eigenvalue weighted by atomic mass is 10.2. The summed E-state index contributed by atoms with van der Waals surface area (Å²) in [7, 11) is 0. The lowest BCUT2D eigenvalue weighted by Gasteiger charge is -2.03. The number of halogens is 2. The molecule has 0 aliphatic rings. The van der Waals surface area contributed by atoms with E-state index in [9.17, 15) is 4.79 Å². The van der Waals surface area contributed by atoms with Gasteiger partial charge < -0.3 is 5.32 Å². The highest BCUT2D eigenvalue weighted by molar-refractivity contribution is 7.13. The third-order valence-corrected chi connectivity index (χ3v) is 4.02. The Morgan fingerprint density at radius 3 is 2.80 bits per heavy atom. The normalized spacial score (nSPS) is 10.7. The first-order valence-electron chi connectivity index (χ1n) is 5.62. The summed E-state index contributed by atoms with van der Waals surface area (Å²) in [5, 5.41) is 4.37. The number of rotatable bonds is 2. The Hall–Kier alpha value is -1.69. The SMILES string of the molecule is O=C(Nc1nsc2cccc(Cl)c12)c1ccc(Cl)nc1. The van der Waals surface area contributed by atoms with Gasteiger partial charge in [0.25, 0.3) is 5.91 Å². The van der Waals surface area contributed by atoms with E-state index in [2.05, 4.69) is 14.7 Å². The minimum atomic E-state index is -0.304. The molecule has 0 bridgehead atoms. The average Bonchev–Trinajstić information content (AvgIpc) is 2.84. The van der Waals surface area contributed by atoms with Crippen LogP contribution < -0.4 is 5.32 Å². The summed E-state index contributed by atoms with van der Waals surface area (Å²) in [6.45, 7) is 0. The van der Waals surface area contributed by atoms with Crippen LogP contribution in [0.2, 0.25) is 10.2 Å². The number of carbonyl (C=O) groups is 1. The number of carbonyl (C=O) groups excluding carboxylic acids is 1. The molecule has 4 nitrogen and oxygen atoms in total. The maximum atomic E-state index is 12.1. The monoisotopic (exact) mass is 323 g/mol. The van der Waals surface area contributed by atoms with Crippen LogP contribution in [0, 0.1) is 0 Å². The maximum Gasteiger partial charge on any atom is 0.258 e. The molecular formula is C13H7Cl2N3OS. The van der Waals surface area contributed by atoms with E-state index in [4.69, 9.17) is 23.2 Å². The first-order chi connectivity index (χ1) is 9.65. The predicted octanol–water partition coefficient (Wildman–Crippen LogP) is 4.25. The Morgan fingerprint density at radius 1 is 1.20 bits per heavy atom. The van der Waals surface area contributed by atoms with Crippen molar-refractivity contribution in [3.8, 4) is 0 Å². The number of pyridine rings is 1. The number of anilines is 1. The van der Waals surface area contributed by atoms with Gasteiger partial charge in [-0.25, -0.2) is 4.98 Å². The Morgan fingerprint density at radius 2 is 2.05 bits per heavy atom. The largest absolute Gasteiger partial charge is 0.305 e. The highest BCUT2D eigenvalue weighted by Gasteiger charge is 2.13. The molecule has 0 saturated heterocycles. The van der Waals surface area contributed by atoms with E-state index < -0.39 is 0 Å². The molecule has 2 heterocycles. The molecule has 0 saturated carbocycles. The van der Waals surface area contributed by atoms with Crippen molar-refractivity contribution in [3.63, 3.8) is 0 Å². The van der Waals surface area contributed by atoms with Crippen LogP contribution in [0.3, 0.4) is 0 Å². The van der Waals surface area contributed by atoms with Crippen LogP contribution in [0.1, 0.15) is 10.4 Å². The summed E-state index contributed by atoms with van der Waals surface area (Å²) in [6, 6.07) is 8.66. The van der Waals surface area contributed by atoms with E-state index >= 15 is 0 Å². The van der Waals surface area contributed by atoms with Crippen LogP contribution in [-0.4, -0.2) is 15.3 Å². The first kappa shape index (κ1) is 13.3. The molecule has 0 spiro atoms. The number of aromatic nitrogens is 2. The number of fused-ring (bicyclic) bond motifs is 1. The summed E-state index contributed by atoms with van der Waals surface area (Å²) in [6.07, 6.45) is 1.41. The maximum absolute atomic E-state index is 12.1. The molecule has 7 heteroatoms. The van der Waals surface area contributed by atoms with Crippen molar-refractivity contribution in [2.24, 2.45) is 0 Å². The highest BCUT2D eigenvalue weighted by atomic mass is 35.5. The fraction of sp³-hybridized carbons (Fsp3) is 0. The van der Waals surface area contributed by atoms with Gasteiger partial charge >= 0.3 is 0 Å². The number of hydrogen-bond donors (Lipinski definition) is 1. The molecule has 0 unspecified atom stereocenters. The van der Waals surface area contributed by atoms with Gasteiger partial charge in [-0.3, -0.25) is 4.79 Å². The second-order valence-corrected chi connectivity index (χ2v) is 5.57. The van der Waals surface area contributed by atoms with E-state index in [0.717, 1.165) is 10.1 Å². The molecular weight excluding hydrogens is 317 g/mol. The van der Waals surface area contributed by atoms with Crippen LogP contribution in [0.15, 0.2) is 36.5 Å². The topological polar surface area (TPSA) is 54.9 Å². The lowest BCUT2D eigenvalue weighted by molar-refractivity contribution is 0.102. The number of amides is 1. The molecule has 3 aromatic rings. The lowest BCUT2D eigenvalue weighted by Crippen LogP contribution is -2.12. The van der Waals surface area contributed by atoms with Gasteiger partial charge in [0, 0.05) is 6.20 Å². The van der Waals surface area contributed by atoms with Gasteiger partial charge in [-0.15, -0.1) is 0 Å². The zero-order chi connectivity index (χ0) is 14.1. The first-order valence-corrected chi connectivity index (χ1v) is 7.15. The standard InChI is InChI=1S/C13H7Cl2N3OS/c14-8-2-1-3-9-11(8)12(18-20-9)17-13(19)7-4-5-10(15)16-6-7/h1-6H,(H,17,18,19). The third kappa shape index (κ3) is 2.47. The molecule has 0 aliphatic heterocycles. The van der Waals surface area contributed by atoms with Crippen molar-refractivity contribution in [2.75, 3.05) is 5.32 Å². The Kier molecular flexibility index (Phi) is 3.56. The smallest absolute Gasteiger partial charge is 0.258 e. The summed E-state index contributed by atoms with van der Waals surface area (Å²) < 4.78 is 5.14. The van der Waals surface area contributed by atoms with E-state index in [1.165, 1.54) is 17.7 Å². The molecule has 1 N–H and O–H groups in total. The molecule has 1 aromatic carbocycles.